The lowest BCUT2D eigenvalue weighted by atomic mass is 10.1. The van der Waals surface area contributed by atoms with E-state index >= 15 is 0 Å². The molecule has 2 aromatic carbocycles. The third-order valence-electron chi connectivity index (χ3n) is 3.77. The first-order chi connectivity index (χ1) is 14.3. The highest BCUT2D eigenvalue weighted by atomic mass is 35.5. The summed E-state index contributed by atoms with van der Waals surface area (Å²) in [5, 5.41) is 0.938. The fourth-order valence-electron chi connectivity index (χ4n) is 2.43. The van der Waals surface area contributed by atoms with Gasteiger partial charge in [0.05, 0.1) is 10.0 Å². The zero-order valence-corrected chi connectivity index (χ0v) is 17.3. The van der Waals surface area contributed by atoms with E-state index in [0.29, 0.717) is 22.1 Å². The number of carbonyl (C=O) groups excluding carboxylic acids is 1. The predicted molar refractivity (Wildman–Crippen MR) is 111 cm³/mol. The lowest BCUT2D eigenvalue weighted by molar-refractivity contribution is -0.0498. The maximum absolute atomic E-state index is 12.2. The monoisotopic (exact) mass is 472 g/mol. The Balaban J connectivity index is 1.59. The Morgan fingerprint density at radius 1 is 1.03 bits per heavy atom. The Labute approximate surface area is 185 Å². The Kier molecular flexibility index (Phi) is 7.37. The fraction of sp³-hybridized carbons (Fsp3) is 0.0952. The average Bonchev–Trinajstić information content (AvgIpc) is 3.13. The molecule has 0 saturated heterocycles. The van der Waals surface area contributed by atoms with Crippen LogP contribution in [0.2, 0.25) is 15.1 Å². The molecule has 0 bridgehead atoms. The van der Waals surface area contributed by atoms with Crippen LogP contribution in [0.5, 0.6) is 11.5 Å². The van der Waals surface area contributed by atoms with E-state index in [1.807, 2.05) is 0 Å². The lowest BCUT2D eigenvalue weighted by Gasteiger charge is -2.08. The Bertz CT molecular complexity index is 1040. The summed E-state index contributed by atoms with van der Waals surface area (Å²) >= 11 is 18.0. The van der Waals surface area contributed by atoms with Crippen LogP contribution in [-0.4, -0.2) is 12.4 Å². The number of ketones is 1. The molecule has 156 valence electrons. The minimum atomic E-state index is -2.92. The molecule has 0 unspecified atom stereocenters. The van der Waals surface area contributed by atoms with E-state index in [1.165, 1.54) is 48.6 Å². The molecule has 0 amide bonds. The van der Waals surface area contributed by atoms with Gasteiger partial charge in [-0.3, -0.25) is 4.79 Å². The van der Waals surface area contributed by atoms with E-state index in [0.717, 1.165) is 0 Å². The molecule has 0 saturated carbocycles. The van der Waals surface area contributed by atoms with Crippen LogP contribution in [0.3, 0.4) is 0 Å². The number of allylic oxidation sites excluding steroid dienone is 1. The molecule has 3 rings (SSSR count). The van der Waals surface area contributed by atoms with E-state index in [4.69, 9.17) is 44.0 Å². The third kappa shape index (κ3) is 5.98. The molecule has 3 aromatic rings. The van der Waals surface area contributed by atoms with Crippen LogP contribution >= 0.6 is 34.8 Å². The van der Waals surface area contributed by atoms with Crippen LogP contribution in [0.15, 0.2) is 59.0 Å². The standard InChI is InChI=1S/C21H13Cl3F2O4/c22-13-9-17(23)20(18(24)10-13)28-11-16-6-5-14(29-16)7-8-19(27)12-1-3-15(4-2-12)30-21(25)26/h1-10,21H,11H2/b8-7+. The van der Waals surface area contributed by atoms with E-state index in [-0.39, 0.29) is 33.9 Å². The van der Waals surface area contributed by atoms with Gasteiger partial charge >= 0.3 is 6.61 Å². The van der Waals surface area contributed by atoms with Crippen molar-refractivity contribution in [2.24, 2.45) is 0 Å². The number of rotatable bonds is 8. The number of furan rings is 1. The second-order valence-electron chi connectivity index (χ2n) is 5.89. The summed E-state index contributed by atoms with van der Waals surface area (Å²) in [6.45, 7) is -2.86. The van der Waals surface area contributed by atoms with Gasteiger partial charge in [0.1, 0.15) is 23.9 Å². The summed E-state index contributed by atoms with van der Waals surface area (Å²) in [5.74, 6) is 0.839. The molecule has 0 fully saturated rings. The second kappa shape index (κ2) is 9.98. The molecule has 0 N–H and O–H groups in total. The van der Waals surface area contributed by atoms with Crippen molar-refractivity contribution in [3.63, 3.8) is 0 Å². The largest absolute Gasteiger partial charge is 0.483 e. The van der Waals surface area contributed by atoms with Gasteiger partial charge in [-0.1, -0.05) is 34.8 Å². The summed E-state index contributed by atoms with van der Waals surface area (Å²) in [5.41, 5.74) is 0.315. The van der Waals surface area contributed by atoms with Crippen molar-refractivity contribution in [1.29, 1.82) is 0 Å². The molecule has 1 aromatic heterocycles. The topological polar surface area (TPSA) is 48.7 Å². The number of hydrogen-bond acceptors (Lipinski definition) is 4. The molecule has 0 radical (unpaired) electrons. The highest BCUT2D eigenvalue weighted by molar-refractivity contribution is 6.40. The molecule has 9 heteroatoms. The summed E-state index contributed by atoms with van der Waals surface area (Å²) in [4.78, 5) is 12.2. The van der Waals surface area contributed by atoms with Crippen molar-refractivity contribution in [3.05, 3.63) is 86.8 Å². The molecule has 4 nitrogen and oxygen atoms in total. The molecule has 0 aliphatic heterocycles. The van der Waals surface area contributed by atoms with Crippen molar-refractivity contribution in [1.82, 2.24) is 0 Å². The molecule has 1 heterocycles. The second-order valence-corrected chi connectivity index (χ2v) is 7.14. The van der Waals surface area contributed by atoms with Gasteiger partial charge in [0, 0.05) is 10.6 Å². The number of ether oxygens (including phenoxy) is 2. The van der Waals surface area contributed by atoms with Crippen molar-refractivity contribution in [3.8, 4) is 11.5 Å². The molecule has 30 heavy (non-hydrogen) atoms. The smallest absolute Gasteiger partial charge is 0.387 e. The summed E-state index contributed by atoms with van der Waals surface area (Å²) < 4.78 is 39.7. The minimum absolute atomic E-state index is 0.0258. The van der Waals surface area contributed by atoms with Gasteiger partial charge < -0.3 is 13.9 Å². The first-order valence-electron chi connectivity index (χ1n) is 8.45. The number of halogens is 5. The number of benzene rings is 2. The highest BCUT2D eigenvalue weighted by Crippen LogP contribution is 2.36. The molecule has 0 aliphatic rings. The molecular weight excluding hydrogens is 461 g/mol. The van der Waals surface area contributed by atoms with Crippen molar-refractivity contribution < 1.29 is 27.5 Å². The van der Waals surface area contributed by atoms with Gasteiger partial charge in [-0.2, -0.15) is 8.78 Å². The zero-order chi connectivity index (χ0) is 21.7. The number of alkyl halides is 2. The molecule has 0 spiro atoms. The SMILES string of the molecule is O=C(/C=C/c1ccc(COc2c(Cl)cc(Cl)cc2Cl)o1)c1ccc(OC(F)F)cc1. The van der Waals surface area contributed by atoms with E-state index in [1.54, 1.807) is 12.1 Å². The van der Waals surface area contributed by atoms with Crippen molar-refractivity contribution >= 4 is 46.7 Å². The van der Waals surface area contributed by atoms with Gasteiger partial charge in [0.15, 0.2) is 11.5 Å². The zero-order valence-electron chi connectivity index (χ0n) is 15.1. The van der Waals surface area contributed by atoms with Gasteiger partial charge in [-0.25, -0.2) is 0 Å². The van der Waals surface area contributed by atoms with Crippen LogP contribution in [0.25, 0.3) is 6.08 Å². The predicted octanol–water partition coefficient (Wildman–Crippen LogP) is 7.32. The molecule has 0 aliphatic carbocycles. The minimum Gasteiger partial charge on any atom is -0.483 e. The van der Waals surface area contributed by atoms with Gasteiger partial charge in [0.2, 0.25) is 0 Å². The first-order valence-corrected chi connectivity index (χ1v) is 9.58. The Morgan fingerprint density at radius 3 is 2.33 bits per heavy atom. The summed E-state index contributed by atoms with van der Waals surface area (Å²) in [6.07, 6.45) is 2.79. The molecular formula is C21H13Cl3F2O4. The summed E-state index contributed by atoms with van der Waals surface area (Å²) in [7, 11) is 0. The van der Waals surface area contributed by atoms with E-state index in [9.17, 15) is 13.6 Å². The lowest BCUT2D eigenvalue weighted by Crippen LogP contribution is -2.02. The molecule has 0 atom stereocenters. The fourth-order valence-corrected chi connectivity index (χ4v) is 3.35. The van der Waals surface area contributed by atoms with E-state index in [2.05, 4.69) is 4.74 Å². The van der Waals surface area contributed by atoms with Crippen LogP contribution < -0.4 is 9.47 Å². The number of carbonyl (C=O) groups is 1. The maximum Gasteiger partial charge on any atom is 0.387 e. The van der Waals surface area contributed by atoms with E-state index < -0.39 is 6.61 Å². The van der Waals surface area contributed by atoms with Gasteiger partial charge in [-0.05, 0) is 60.7 Å². The van der Waals surface area contributed by atoms with Crippen LogP contribution in [-0.2, 0) is 6.61 Å². The van der Waals surface area contributed by atoms with Crippen LogP contribution in [0.4, 0.5) is 8.78 Å². The Hall–Kier alpha value is -2.54. The number of hydrogen-bond donors (Lipinski definition) is 0. The maximum atomic E-state index is 12.2. The van der Waals surface area contributed by atoms with Crippen molar-refractivity contribution in [2.45, 2.75) is 13.2 Å². The third-order valence-corrected chi connectivity index (χ3v) is 4.55. The first kappa shape index (κ1) is 22.2. The summed E-state index contributed by atoms with van der Waals surface area (Å²) in [6, 6.07) is 11.7. The van der Waals surface area contributed by atoms with Crippen LogP contribution in [0.1, 0.15) is 21.9 Å². The quantitative estimate of drug-likeness (QED) is 0.254. The van der Waals surface area contributed by atoms with Crippen LogP contribution in [0, 0.1) is 0 Å². The Morgan fingerprint density at radius 2 is 1.70 bits per heavy atom. The average molecular weight is 474 g/mol. The van der Waals surface area contributed by atoms with Gasteiger partial charge in [-0.15, -0.1) is 0 Å². The highest BCUT2D eigenvalue weighted by Gasteiger charge is 2.11. The van der Waals surface area contributed by atoms with Crippen molar-refractivity contribution in [2.75, 3.05) is 0 Å². The normalized spacial score (nSPS) is 11.3. The van der Waals surface area contributed by atoms with Gasteiger partial charge in [0.25, 0.3) is 0 Å².